The number of carbonyl (C=O) groups is 2. The van der Waals surface area contributed by atoms with Crippen LogP contribution in [0.25, 0.3) is 0 Å². The van der Waals surface area contributed by atoms with Crippen molar-refractivity contribution in [3.63, 3.8) is 0 Å². The zero-order chi connectivity index (χ0) is 25.4. The van der Waals surface area contributed by atoms with Crippen molar-refractivity contribution >= 4 is 11.8 Å². The lowest BCUT2D eigenvalue weighted by molar-refractivity contribution is -0.122. The minimum atomic E-state index is -0.568. The molecule has 0 spiro atoms. The van der Waals surface area contributed by atoms with Crippen molar-refractivity contribution < 1.29 is 14.1 Å². The molecule has 4 rings (SSSR count). The highest BCUT2D eigenvalue weighted by Gasteiger charge is 2.38. The number of nitrogens with zero attached hydrogens (tertiary/aromatic N) is 3. The molecule has 1 aromatic heterocycles. The lowest BCUT2D eigenvalue weighted by atomic mass is 9.89. The number of piperidine rings is 1. The molecule has 0 bridgehead atoms. The molecule has 36 heavy (non-hydrogen) atoms. The summed E-state index contributed by atoms with van der Waals surface area (Å²) in [5.74, 6) is 0.851. The van der Waals surface area contributed by atoms with Crippen molar-refractivity contribution in [3.8, 4) is 0 Å². The third kappa shape index (κ3) is 6.93. The van der Waals surface area contributed by atoms with Crippen LogP contribution >= 0.6 is 0 Å². The number of carbonyl (C=O) groups excluding carboxylic acids is 2. The predicted octanol–water partition coefficient (Wildman–Crippen LogP) is 4.38. The van der Waals surface area contributed by atoms with E-state index in [1.165, 1.54) is 31.7 Å². The van der Waals surface area contributed by atoms with E-state index in [9.17, 15) is 9.59 Å². The Labute approximate surface area is 214 Å². The highest BCUT2D eigenvalue weighted by Crippen LogP contribution is 2.34. The van der Waals surface area contributed by atoms with Gasteiger partial charge < -0.3 is 15.2 Å². The molecule has 0 radical (unpaired) electrons. The summed E-state index contributed by atoms with van der Waals surface area (Å²) >= 11 is 0. The standard InChI is InChI=1S/C28H41N5O3/c1-21-11-7-10-18-33(21)20-24-13-6-5-12-23(24)19-29-25(35)14-15-26-30-27(32-36-26)28(31-22(2)34)16-8-3-4-9-17-28/h5-6,12-13,21H,3-4,7-11,14-20H2,1-2H3,(H,29,35)(H,31,34). The molecule has 2 aromatic rings. The summed E-state index contributed by atoms with van der Waals surface area (Å²) in [6.45, 7) is 6.41. The number of rotatable bonds is 9. The molecule has 2 N–H and O–H groups in total. The summed E-state index contributed by atoms with van der Waals surface area (Å²) in [6, 6.07) is 8.97. The second kappa shape index (κ2) is 12.5. The molecule has 2 heterocycles. The van der Waals surface area contributed by atoms with Crippen LogP contribution in [0.1, 0.15) is 101 Å². The molecule has 2 fully saturated rings. The van der Waals surface area contributed by atoms with E-state index >= 15 is 0 Å². The van der Waals surface area contributed by atoms with Crippen molar-refractivity contribution in [1.29, 1.82) is 0 Å². The summed E-state index contributed by atoms with van der Waals surface area (Å²) in [6.07, 6.45) is 10.4. The SMILES string of the molecule is CC(=O)NC1(c2noc(CCC(=O)NCc3ccccc3CN3CCCCC3C)n2)CCCCCC1. The maximum absolute atomic E-state index is 12.6. The van der Waals surface area contributed by atoms with Crippen LogP contribution in [0.3, 0.4) is 0 Å². The van der Waals surface area contributed by atoms with Gasteiger partial charge in [-0.3, -0.25) is 14.5 Å². The summed E-state index contributed by atoms with van der Waals surface area (Å²) < 4.78 is 5.49. The number of amides is 2. The maximum atomic E-state index is 12.6. The number of aromatic nitrogens is 2. The first-order chi connectivity index (χ1) is 17.4. The van der Waals surface area contributed by atoms with Crippen molar-refractivity contribution in [3.05, 3.63) is 47.1 Å². The number of hydrogen-bond acceptors (Lipinski definition) is 6. The fourth-order valence-corrected chi connectivity index (χ4v) is 5.62. The van der Waals surface area contributed by atoms with E-state index in [0.29, 0.717) is 30.7 Å². The first-order valence-electron chi connectivity index (χ1n) is 13.6. The highest BCUT2D eigenvalue weighted by molar-refractivity contribution is 5.76. The summed E-state index contributed by atoms with van der Waals surface area (Å²) in [4.78, 5) is 31.7. The molecule has 1 saturated heterocycles. The van der Waals surface area contributed by atoms with Crippen molar-refractivity contribution in [2.75, 3.05) is 6.54 Å². The van der Waals surface area contributed by atoms with Crippen LogP contribution in [0.5, 0.6) is 0 Å². The summed E-state index contributed by atoms with van der Waals surface area (Å²) in [5, 5.41) is 10.4. The topological polar surface area (TPSA) is 100 Å². The van der Waals surface area contributed by atoms with E-state index in [-0.39, 0.29) is 18.2 Å². The average molecular weight is 496 g/mol. The second-order valence-corrected chi connectivity index (χ2v) is 10.5. The normalized spacial score (nSPS) is 20.4. The van der Waals surface area contributed by atoms with Gasteiger partial charge in [0.15, 0.2) is 5.82 Å². The Morgan fingerprint density at radius 1 is 1.08 bits per heavy atom. The number of aryl methyl sites for hydroxylation is 1. The summed E-state index contributed by atoms with van der Waals surface area (Å²) in [7, 11) is 0. The van der Waals surface area contributed by atoms with Crippen LogP contribution in [0.4, 0.5) is 0 Å². The molecule has 8 heteroatoms. The molecular weight excluding hydrogens is 454 g/mol. The Balaban J connectivity index is 1.31. The van der Waals surface area contributed by atoms with E-state index in [1.807, 2.05) is 6.07 Å². The lowest BCUT2D eigenvalue weighted by Gasteiger charge is -2.33. The molecule has 8 nitrogen and oxygen atoms in total. The Morgan fingerprint density at radius 2 is 1.83 bits per heavy atom. The fraction of sp³-hybridized carbons (Fsp3) is 0.643. The van der Waals surface area contributed by atoms with Crippen molar-refractivity contribution in [2.45, 2.75) is 109 Å². The zero-order valence-electron chi connectivity index (χ0n) is 21.9. The van der Waals surface area contributed by atoms with Gasteiger partial charge in [0, 0.05) is 38.9 Å². The van der Waals surface area contributed by atoms with E-state index in [0.717, 1.165) is 57.2 Å². The van der Waals surface area contributed by atoms with Gasteiger partial charge in [0.05, 0.1) is 0 Å². The van der Waals surface area contributed by atoms with Gasteiger partial charge in [-0.05, 0) is 50.3 Å². The molecule has 2 amide bonds. The Bertz CT molecular complexity index is 1010. The Kier molecular flexibility index (Phi) is 9.13. The molecule has 1 unspecified atom stereocenters. The van der Waals surface area contributed by atoms with Crippen LogP contribution in [0.15, 0.2) is 28.8 Å². The summed E-state index contributed by atoms with van der Waals surface area (Å²) in [5.41, 5.74) is 1.87. The van der Waals surface area contributed by atoms with Crippen LogP contribution in [-0.2, 0) is 34.6 Å². The van der Waals surface area contributed by atoms with E-state index in [2.05, 4.69) is 50.8 Å². The monoisotopic (exact) mass is 495 g/mol. The van der Waals surface area contributed by atoms with Gasteiger partial charge >= 0.3 is 0 Å². The third-order valence-electron chi connectivity index (χ3n) is 7.74. The molecule has 1 aliphatic carbocycles. The van der Waals surface area contributed by atoms with Crippen LogP contribution in [-0.4, -0.2) is 39.4 Å². The molecule has 2 aliphatic rings. The lowest BCUT2D eigenvalue weighted by Crippen LogP contribution is -2.45. The van der Waals surface area contributed by atoms with E-state index in [1.54, 1.807) is 0 Å². The minimum Gasteiger partial charge on any atom is -0.352 e. The number of nitrogens with one attached hydrogen (secondary N) is 2. The molecule has 196 valence electrons. The first-order valence-corrected chi connectivity index (χ1v) is 13.6. The average Bonchev–Trinajstić information content (AvgIpc) is 3.23. The van der Waals surface area contributed by atoms with Gasteiger partial charge in [0.2, 0.25) is 17.7 Å². The maximum Gasteiger partial charge on any atom is 0.227 e. The quantitative estimate of drug-likeness (QED) is 0.501. The second-order valence-electron chi connectivity index (χ2n) is 10.5. The highest BCUT2D eigenvalue weighted by atomic mass is 16.5. The Morgan fingerprint density at radius 3 is 2.56 bits per heavy atom. The smallest absolute Gasteiger partial charge is 0.227 e. The van der Waals surface area contributed by atoms with Gasteiger partial charge in [-0.25, -0.2) is 0 Å². The van der Waals surface area contributed by atoms with Crippen molar-refractivity contribution in [1.82, 2.24) is 25.7 Å². The van der Waals surface area contributed by atoms with Crippen molar-refractivity contribution in [2.24, 2.45) is 0 Å². The fourth-order valence-electron chi connectivity index (χ4n) is 5.62. The molecule has 1 aliphatic heterocycles. The minimum absolute atomic E-state index is 0.0399. The van der Waals surface area contributed by atoms with Gasteiger partial charge in [-0.1, -0.05) is 61.5 Å². The Hall–Kier alpha value is -2.74. The van der Waals surface area contributed by atoms with Gasteiger partial charge in [0.1, 0.15) is 5.54 Å². The zero-order valence-corrected chi connectivity index (χ0v) is 21.9. The predicted molar refractivity (Wildman–Crippen MR) is 138 cm³/mol. The number of hydrogen-bond donors (Lipinski definition) is 2. The molecule has 1 aromatic carbocycles. The molecular formula is C28H41N5O3. The van der Waals surface area contributed by atoms with Gasteiger partial charge in [-0.2, -0.15) is 4.98 Å². The number of likely N-dealkylation sites (tertiary alicyclic amines) is 1. The van der Waals surface area contributed by atoms with E-state index in [4.69, 9.17) is 4.52 Å². The van der Waals surface area contributed by atoms with Gasteiger partial charge in [-0.15, -0.1) is 0 Å². The van der Waals surface area contributed by atoms with Crippen LogP contribution in [0, 0.1) is 0 Å². The molecule has 1 saturated carbocycles. The molecule has 1 atom stereocenters. The largest absolute Gasteiger partial charge is 0.352 e. The first kappa shape index (κ1) is 26.3. The van der Waals surface area contributed by atoms with Crippen LogP contribution in [0.2, 0.25) is 0 Å². The number of benzene rings is 1. The van der Waals surface area contributed by atoms with E-state index < -0.39 is 5.54 Å². The van der Waals surface area contributed by atoms with Gasteiger partial charge in [0.25, 0.3) is 0 Å². The van der Waals surface area contributed by atoms with Crippen LogP contribution < -0.4 is 10.6 Å². The third-order valence-corrected chi connectivity index (χ3v) is 7.74.